The van der Waals surface area contributed by atoms with Crippen molar-refractivity contribution in [2.24, 2.45) is 0 Å². The van der Waals surface area contributed by atoms with E-state index in [1.54, 1.807) is 0 Å². The average Bonchev–Trinajstić information content (AvgIpc) is 3.54. The van der Waals surface area contributed by atoms with E-state index in [4.69, 9.17) is 0 Å². The Balaban J connectivity index is 0.989. The van der Waals surface area contributed by atoms with Crippen LogP contribution in [-0.4, -0.2) is 0 Å². The molecule has 0 aliphatic heterocycles. The quantitative estimate of drug-likeness (QED) is 0.174. The third kappa shape index (κ3) is 4.86. The zero-order chi connectivity index (χ0) is 35.6. The van der Waals surface area contributed by atoms with E-state index in [1.165, 1.54) is 88.7 Å². The Kier molecular flexibility index (Phi) is 7.00. The summed E-state index contributed by atoms with van der Waals surface area (Å²) in [5.41, 5.74) is 21.5. The molecule has 1 nitrogen and oxygen atoms in total. The predicted molar refractivity (Wildman–Crippen MR) is 229 cm³/mol. The standard InChI is InChI=1S/C53H35N/c1-2-16-41(17-3-1)54(43-19-9-15-38(33-43)39-27-26-35-12-4-5-13-37(35)32-39)42-18-8-14-36(28-30-42)40-29-31-45-48-23-11-24-49-50-25-10-22-47(53(50)51(45)34-40)44-20-6-7-21-46(44)52(48)49/h1-7,9-34H,8H2. The molecule has 8 aromatic rings. The Morgan fingerprint density at radius 2 is 0.926 bits per heavy atom. The number of benzene rings is 8. The number of para-hydroxylation sites is 1. The monoisotopic (exact) mass is 685 g/mol. The zero-order valence-electron chi connectivity index (χ0n) is 29.7. The van der Waals surface area contributed by atoms with Crippen LogP contribution in [0.5, 0.6) is 0 Å². The fraction of sp³-hybridized carbons (Fsp3) is 0.0189. The molecule has 0 amide bonds. The number of nitrogens with zero attached hydrogens (tertiary/aromatic N) is 1. The van der Waals surface area contributed by atoms with Crippen molar-refractivity contribution in [2.75, 3.05) is 4.90 Å². The fourth-order valence-corrected chi connectivity index (χ4v) is 8.90. The Labute approximate surface area is 316 Å². The van der Waals surface area contributed by atoms with Gasteiger partial charge in [0.1, 0.15) is 0 Å². The normalized spacial score (nSPS) is 13.3. The Bertz CT molecular complexity index is 2880. The highest BCUT2D eigenvalue weighted by atomic mass is 15.1. The summed E-state index contributed by atoms with van der Waals surface area (Å²) in [6.45, 7) is 0. The molecule has 0 aromatic heterocycles. The lowest BCUT2D eigenvalue weighted by Crippen LogP contribution is -2.15. The smallest absolute Gasteiger partial charge is 0.0467 e. The van der Waals surface area contributed by atoms with Gasteiger partial charge in [-0.05, 0) is 138 Å². The van der Waals surface area contributed by atoms with E-state index < -0.39 is 0 Å². The van der Waals surface area contributed by atoms with Crippen LogP contribution in [0.25, 0.3) is 83.1 Å². The van der Waals surface area contributed by atoms with Gasteiger partial charge >= 0.3 is 0 Å². The summed E-state index contributed by atoms with van der Waals surface area (Å²) in [6, 6.07) is 64.7. The summed E-state index contributed by atoms with van der Waals surface area (Å²) in [6.07, 6.45) is 10.1. The first-order valence-corrected chi connectivity index (χ1v) is 18.8. The van der Waals surface area contributed by atoms with Gasteiger partial charge in [0.2, 0.25) is 0 Å². The molecule has 8 aromatic carbocycles. The predicted octanol–water partition coefficient (Wildman–Crippen LogP) is 14.5. The van der Waals surface area contributed by atoms with Crippen LogP contribution in [0.4, 0.5) is 11.4 Å². The van der Waals surface area contributed by atoms with Crippen LogP contribution < -0.4 is 4.90 Å². The van der Waals surface area contributed by atoms with Crippen molar-refractivity contribution in [2.45, 2.75) is 6.42 Å². The molecule has 0 unspecified atom stereocenters. The van der Waals surface area contributed by atoms with Crippen molar-refractivity contribution >= 4 is 27.7 Å². The van der Waals surface area contributed by atoms with Crippen molar-refractivity contribution in [3.05, 3.63) is 211 Å². The molecule has 0 saturated carbocycles. The summed E-state index contributed by atoms with van der Waals surface area (Å²) in [5, 5.41) is 2.51. The summed E-state index contributed by atoms with van der Waals surface area (Å²) >= 11 is 0. The molecule has 252 valence electrons. The highest BCUT2D eigenvalue weighted by Crippen LogP contribution is 2.57. The summed E-state index contributed by atoms with van der Waals surface area (Å²) in [4.78, 5) is 2.38. The first-order chi connectivity index (χ1) is 26.8. The second-order valence-corrected chi connectivity index (χ2v) is 14.4. The lowest BCUT2D eigenvalue weighted by Gasteiger charge is -2.27. The summed E-state index contributed by atoms with van der Waals surface area (Å²) in [7, 11) is 0. The van der Waals surface area contributed by atoms with Gasteiger partial charge in [-0.25, -0.2) is 0 Å². The Hall–Kier alpha value is -6.96. The van der Waals surface area contributed by atoms with Crippen LogP contribution in [0.15, 0.2) is 206 Å². The van der Waals surface area contributed by atoms with E-state index in [2.05, 4.69) is 205 Å². The lowest BCUT2D eigenvalue weighted by atomic mass is 9.82. The molecule has 0 N–H and O–H groups in total. The SMILES string of the molecule is C1=CC(N(c2ccccc2)c2cccc(-c3ccc4ccccc4c3)c2)=CCC=C1c1ccc2c(c1)-c1c3cccc1-c1cccc-2c1-c1ccccc1-3. The van der Waals surface area contributed by atoms with E-state index in [1.807, 2.05) is 0 Å². The van der Waals surface area contributed by atoms with E-state index in [-0.39, 0.29) is 0 Å². The summed E-state index contributed by atoms with van der Waals surface area (Å²) < 4.78 is 0. The Morgan fingerprint density at radius 3 is 1.74 bits per heavy atom. The zero-order valence-corrected chi connectivity index (χ0v) is 29.7. The number of hydrogen-bond acceptors (Lipinski definition) is 1. The maximum Gasteiger partial charge on any atom is 0.0467 e. The second-order valence-electron chi connectivity index (χ2n) is 14.4. The average molecular weight is 686 g/mol. The number of hydrogen-bond donors (Lipinski definition) is 0. The third-order valence-corrected chi connectivity index (χ3v) is 11.4. The number of fused-ring (bicyclic) bond motifs is 5. The summed E-state index contributed by atoms with van der Waals surface area (Å²) in [5.74, 6) is 0. The lowest BCUT2D eigenvalue weighted by molar-refractivity contribution is 1.18. The molecule has 0 heterocycles. The molecular weight excluding hydrogens is 651 g/mol. The minimum absolute atomic E-state index is 0.822. The molecule has 0 saturated heterocycles. The van der Waals surface area contributed by atoms with Crippen LogP contribution in [0, 0.1) is 0 Å². The van der Waals surface area contributed by atoms with E-state index >= 15 is 0 Å². The van der Waals surface area contributed by atoms with Crippen molar-refractivity contribution in [1.82, 2.24) is 0 Å². The van der Waals surface area contributed by atoms with Gasteiger partial charge in [-0.15, -0.1) is 0 Å². The van der Waals surface area contributed by atoms with Crippen LogP contribution in [0.1, 0.15) is 12.0 Å². The largest absolute Gasteiger partial charge is 0.311 e. The van der Waals surface area contributed by atoms with Crippen LogP contribution in [0.2, 0.25) is 0 Å². The van der Waals surface area contributed by atoms with Crippen LogP contribution in [0.3, 0.4) is 0 Å². The van der Waals surface area contributed by atoms with E-state index in [0.717, 1.165) is 23.5 Å². The van der Waals surface area contributed by atoms with Crippen molar-refractivity contribution in [1.29, 1.82) is 0 Å². The number of anilines is 2. The maximum absolute atomic E-state index is 2.44. The topological polar surface area (TPSA) is 3.24 Å². The van der Waals surface area contributed by atoms with Gasteiger partial charge in [0.15, 0.2) is 0 Å². The van der Waals surface area contributed by atoms with Crippen LogP contribution in [-0.2, 0) is 0 Å². The van der Waals surface area contributed by atoms with Gasteiger partial charge in [-0.3, -0.25) is 0 Å². The highest BCUT2D eigenvalue weighted by molar-refractivity contribution is 6.15. The fourth-order valence-electron chi connectivity index (χ4n) is 8.90. The molecule has 11 rings (SSSR count). The van der Waals surface area contributed by atoms with Gasteiger partial charge in [0, 0.05) is 17.1 Å². The highest BCUT2D eigenvalue weighted by Gasteiger charge is 2.30. The molecule has 54 heavy (non-hydrogen) atoms. The van der Waals surface area contributed by atoms with Gasteiger partial charge in [-0.2, -0.15) is 0 Å². The first kappa shape index (κ1) is 30.6. The molecule has 3 aliphatic carbocycles. The van der Waals surface area contributed by atoms with Gasteiger partial charge in [-0.1, -0.05) is 158 Å². The van der Waals surface area contributed by atoms with Crippen molar-refractivity contribution < 1.29 is 0 Å². The maximum atomic E-state index is 2.44. The molecule has 0 radical (unpaired) electrons. The molecular formula is C53H35N. The molecule has 6 bridgehead atoms. The van der Waals surface area contributed by atoms with Crippen LogP contribution >= 0.6 is 0 Å². The van der Waals surface area contributed by atoms with Gasteiger partial charge in [0.25, 0.3) is 0 Å². The minimum Gasteiger partial charge on any atom is -0.311 e. The van der Waals surface area contributed by atoms with Gasteiger partial charge < -0.3 is 4.90 Å². The van der Waals surface area contributed by atoms with E-state index in [9.17, 15) is 0 Å². The Morgan fingerprint density at radius 1 is 0.333 bits per heavy atom. The number of rotatable bonds is 5. The van der Waals surface area contributed by atoms with Crippen molar-refractivity contribution in [3.8, 4) is 66.8 Å². The first-order valence-electron chi connectivity index (χ1n) is 18.8. The third-order valence-electron chi connectivity index (χ3n) is 11.4. The second kappa shape index (κ2) is 12.3. The minimum atomic E-state index is 0.822. The molecule has 3 aliphatic rings. The molecule has 0 fully saturated rings. The van der Waals surface area contributed by atoms with Gasteiger partial charge in [0.05, 0.1) is 0 Å². The molecule has 1 heteroatoms. The van der Waals surface area contributed by atoms with Crippen molar-refractivity contribution in [3.63, 3.8) is 0 Å². The molecule has 0 atom stereocenters. The van der Waals surface area contributed by atoms with E-state index in [0.29, 0.717) is 0 Å². The number of allylic oxidation sites excluding steroid dienone is 5. The molecule has 0 spiro atoms.